The van der Waals surface area contributed by atoms with Gasteiger partial charge in [0.1, 0.15) is 5.82 Å². The number of hydrogen-bond acceptors (Lipinski definition) is 5. The zero-order valence-electron chi connectivity index (χ0n) is 16.9. The van der Waals surface area contributed by atoms with Crippen molar-refractivity contribution in [3.05, 3.63) is 71.7 Å². The van der Waals surface area contributed by atoms with Crippen LogP contribution in [0.5, 0.6) is 0 Å². The van der Waals surface area contributed by atoms with Gasteiger partial charge in [-0.05, 0) is 35.2 Å². The molecule has 5 aromatic rings. The molecule has 2 aromatic carbocycles. The van der Waals surface area contributed by atoms with Crippen LogP contribution in [0, 0.1) is 6.92 Å². The molecule has 0 spiro atoms. The first-order valence-electron chi connectivity index (χ1n) is 10.1. The van der Waals surface area contributed by atoms with Gasteiger partial charge >= 0.3 is 0 Å². The normalized spacial score (nSPS) is 11.4. The van der Waals surface area contributed by atoms with Crippen LogP contribution < -0.4 is 0 Å². The van der Waals surface area contributed by atoms with Crippen LogP contribution in [-0.4, -0.2) is 40.0 Å². The van der Waals surface area contributed by atoms with Crippen LogP contribution in [0.2, 0.25) is 0 Å². The van der Waals surface area contributed by atoms with Gasteiger partial charge in [0, 0.05) is 17.3 Å². The van der Waals surface area contributed by atoms with Crippen molar-refractivity contribution in [2.75, 3.05) is 0 Å². The van der Waals surface area contributed by atoms with Gasteiger partial charge in [-0.25, -0.2) is 4.98 Å². The lowest BCUT2D eigenvalue weighted by molar-refractivity contribution is 0.582. The lowest BCUT2D eigenvalue weighted by Crippen LogP contribution is -2.07. The molecule has 1 N–H and O–H groups in total. The number of rotatable bonds is 6. The fourth-order valence-corrected chi connectivity index (χ4v) is 3.82. The number of H-pyrrole nitrogens is 1. The summed E-state index contributed by atoms with van der Waals surface area (Å²) in [6.07, 6.45) is 4.25. The Hall–Kier alpha value is -3.81. The number of nitrogens with zero attached hydrogens (tertiary/aromatic N) is 7. The number of fused-ring (bicyclic) bond motifs is 1. The highest BCUT2D eigenvalue weighted by Gasteiger charge is 2.13. The Morgan fingerprint density at radius 2 is 1.80 bits per heavy atom. The van der Waals surface area contributed by atoms with E-state index in [-0.39, 0.29) is 0 Å². The Morgan fingerprint density at radius 1 is 1.00 bits per heavy atom. The van der Waals surface area contributed by atoms with Crippen molar-refractivity contribution < 1.29 is 0 Å². The van der Waals surface area contributed by atoms with E-state index in [2.05, 4.69) is 78.8 Å². The number of aryl methyl sites for hydroxylation is 2. The van der Waals surface area contributed by atoms with Gasteiger partial charge in [-0.2, -0.15) is 9.84 Å². The van der Waals surface area contributed by atoms with Crippen molar-refractivity contribution in [2.24, 2.45) is 0 Å². The predicted octanol–water partition coefficient (Wildman–Crippen LogP) is 3.69. The monoisotopic (exact) mass is 398 g/mol. The van der Waals surface area contributed by atoms with E-state index in [0.29, 0.717) is 5.82 Å². The molecular formula is C22H22N8. The van der Waals surface area contributed by atoms with E-state index in [0.717, 1.165) is 47.5 Å². The summed E-state index contributed by atoms with van der Waals surface area (Å²) >= 11 is 0. The Bertz CT molecular complexity index is 1280. The summed E-state index contributed by atoms with van der Waals surface area (Å²) in [6.45, 7) is 4.85. The molecule has 0 atom stereocenters. The predicted molar refractivity (Wildman–Crippen MR) is 114 cm³/mol. The number of nitrogens with one attached hydrogen (secondary N) is 1. The summed E-state index contributed by atoms with van der Waals surface area (Å²) < 4.78 is 4.04. The van der Waals surface area contributed by atoms with Crippen LogP contribution in [0.4, 0.5) is 0 Å². The highest BCUT2D eigenvalue weighted by molar-refractivity contribution is 5.80. The third-order valence-electron chi connectivity index (χ3n) is 5.17. The molecule has 0 aliphatic rings. The SMILES string of the molecule is CCCc1cn(Cc2ccc(-c3ccccc3-c3nn[nH]n3)cc2)n2nc(C)nc12. The van der Waals surface area contributed by atoms with Crippen LogP contribution in [-0.2, 0) is 13.0 Å². The lowest BCUT2D eigenvalue weighted by Gasteiger charge is -2.09. The standard InChI is InChI=1S/C22H22N8/c1-3-6-18-14-29(30-22(18)23-15(2)26-30)13-16-9-11-17(12-10-16)19-7-4-5-8-20(19)21-24-27-28-25-21/h4-5,7-12,14H,3,6,13H2,1-2H3,(H,24,25,27,28). The van der Waals surface area contributed by atoms with E-state index in [9.17, 15) is 0 Å². The van der Waals surface area contributed by atoms with Gasteiger partial charge in [0.2, 0.25) is 5.82 Å². The second kappa shape index (κ2) is 7.55. The second-order valence-corrected chi connectivity index (χ2v) is 7.35. The molecule has 0 bridgehead atoms. The zero-order chi connectivity index (χ0) is 20.5. The van der Waals surface area contributed by atoms with Crippen LogP contribution in [0.15, 0.2) is 54.7 Å². The number of aromatic amines is 1. The third-order valence-corrected chi connectivity index (χ3v) is 5.17. The first-order chi connectivity index (χ1) is 14.7. The lowest BCUT2D eigenvalue weighted by atomic mass is 9.98. The van der Waals surface area contributed by atoms with Gasteiger partial charge in [-0.3, -0.25) is 4.68 Å². The fraction of sp³-hybridized carbons (Fsp3) is 0.227. The van der Waals surface area contributed by atoms with Crippen molar-refractivity contribution in [3.8, 4) is 22.5 Å². The van der Waals surface area contributed by atoms with E-state index in [1.165, 1.54) is 11.1 Å². The molecule has 0 unspecified atom stereocenters. The van der Waals surface area contributed by atoms with Gasteiger partial charge in [-0.15, -0.1) is 15.3 Å². The minimum atomic E-state index is 0.592. The Morgan fingerprint density at radius 3 is 2.53 bits per heavy atom. The number of benzene rings is 2. The van der Waals surface area contributed by atoms with Crippen molar-refractivity contribution in [3.63, 3.8) is 0 Å². The molecule has 8 nitrogen and oxygen atoms in total. The maximum atomic E-state index is 4.59. The average Bonchev–Trinajstić information content (AvgIpc) is 3.48. The summed E-state index contributed by atoms with van der Waals surface area (Å²) in [7, 11) is 0. The molecule has 0 radical (unpaired) electrons. The molecule has 0 amide bonds. The van der Waals surface area contributed by atoms with Crippen molar-refractivity contribution in [1.82, 2.24) is 40.0 Å². The van der Waals surface area contributed by atoms with E-state index in [1.54, 1.807) is 0 Å². The zero-order valence-corrected chi connectivity index (χ0v) is 16.9. The van der Waals surface area contributed by atoms with Crippen molar-refractivity contribution in [1.29, 1.82) is 0 Å². The van der Waals surface area contributed by atoms with Gasteiger partial charge in [0.15, 0.2) is 5.65 Å². The maximum absolute atomic E-state index is 4.59. The second-order valence-electron chi connectivity index (χ2n) is 7.35. The van der Waals surface area contributed by atoms with Gasteiger partial charge < -0.3 is 0 Å². The largest absolute Gasteiger partial charge is 0.266 e. The van der Waals surface area contributed by atoms with Crippen molar-refractivity contribution in [2.45, 2.75) is 33.2 Å². The molecule has 0 aliphatic carbocycles. The van der Waals surface area contributed by atoms with Crippen LogP contribution in [0.1, 0.15) is 30.3 Å². The third kappa shape index (κ3) is 3.26. The number of hydrogen-bond donors (Lipinski definition) is 1. The minimum Gasteiger partial charge on any atom is -0.266 e. The molecule has 8 heteroatoms. The first kappa shape index (κ1) is 18.2. The molecule has 3 heterocycles. The van der Waals surface area contributed by atoms with E-state index in [1.807, 2.05) is 29.8 Å². The highest BCUT2D eigenvalue weighted by Crippen LogP contribution is 2.29. The van der Waals surface area contributed by atoms with Crippen LogP contribution >= 0.6 is 0 Å². The summed E-state index contributed by atoms with van der Waals surface area (Å²) in [4.78, 5) is 4.59. The van der Waals surface area contributed by atoms with E-state index < -0.39 is 0 Å². The Kier molecular flexibility index (Phi) is 4.59. The molecule has 0 fully saturated rings. The Balaban J connectivity index is 1.45. The highest BCUT2D eigenvalue weighted by atomic mass is 15.5. The molecular weight excluding hydrogens is 376 g/mol. The topological polar surface area (TPSA) is 89.6 Å². The van der Waals surface area contributed by atoms with E-state index >= 15 is 0 Å². The maximum Gasteiger partial charge on any atom is 0.205 e. The summed E-state index contributed by atoms with van der Waals surface area (Å²) in [6, 6.07) is 16.6. The quantitative estimate of drug-likeness (QED) is 0.471. The summed E-state index contributed by atoms with van der Waals surface area (Å²) in [5, 5.41) is 19.0. The van der Waals surface area contributed by atoms with Crippen molar-refractivity contribution >= 4 is 5.65 Å². The minimum absolute atomic E-state index is 0.592. The van der Waals surface area contributed by atoms with Crippen LogP contribution in [0.3, 0.4) is 0 Å². The first-order valence-corrected chi connectivity index (χ1v) is 10.1. The molecule has 0 aliphatic heterocycles. The molecule has 0 saturated carbocycles. The Labute approximate surface area is 173 Å². The molecule has 5 rings (SSSR count). The number of aromatic nitrogens is 8. The summed E-state index contributed by atoms with van der Waals surface area (Å²) in [5.41, 5.74) is 6.53. The van der Waals surface area contributed by atoms with Gasteiger partial charge in [-0.1, -0.05) is 61.9 Å². The van der Waals surface area contributed by atoms with E-state index in [4.69, 9.17) is 0 Å². The summed E-state index contributed by atoms with van der Waals surface area (Å²) in [5.74, 6) is 1.39. The smallest absolute Gasteiger partial charge is 0.205 e. The molecule has 30 heavy (non-hydrogen) atoms. The fourth-order valence-electron chi connectivity index (χ4n) is 3.82. The van der Waals surface area contributed by atoms with Crippen LogP contribution in [0.25, 0.3) is 28.2 Å². The molecule has 150 valence electrons. The van der Waals surface area contributed by atoms with Gasteiger partial charge in [0.05, 0.1) is 6.54 Å². The molecule has 3 aromatic heterocycles. The number of tetrazole rings is 1. The molecule has 0 saturated heterocycles. The average molecular weight is 398 g/mol. The van der Waals surface area contributed by atoms with Gasteiger partial charge in [0.25, 0.3) is 0 Å².